The smallest absolute Gasteiger partial charge is 0.345 e. The third-order valence-corrected chi connectivity index (χ3v) is 5.18. The number of likely N-dealkylation sites (tertiary alicyclic amines) is 1. The van der Waals surface area contributed by atoms with E-state index in [2.05, 4.69) is 5.32 Å². The molecule has 0 spiro atoms. The first-order valence-electron chi connectivity index (χ1n) is 8.00. The van der Waals surface area contributed by atoms with Gasteiger partial charge in [-0.1, -0.05) is 0 Å². The van der Waals surface area contributed by atoms with Crippen molar-refractivity contribution < 1.29 is 23.9 Å². The summed E-state index contributed by atoms with van der Waals surface area (Å²) in [5.41, 5.74) is 0. The van der Waals surface area contributed by atoms with Crippen molar-refractivity contribution in [2.24, 2.45) is 0 Å². The van der Waals surface area contributed by atoms with Crippen molar-refractivity contribution in [3.63, 3.8) is 0 Å². The zero-order chi connectivity index (χ0) is 17.8. The van der Waals surface area contributed by atoms with Crippen LogP contribution < -0.4 is 5.32 Å². The maximum absolute atomic E-state index is 12.5. The lowest BCUT2D eigenvalue weighted by Crippen LogP contribution is -2.51. The maximum atomic E-state index is 12.5. The standard InChI is InChI=1S/C17H18N2O5S/c20-15(18-10-11-6-7-14(25-11)17(22)23)12-4-1-2-8-19(12)16(21)13-5-3-9-24-13/h3,5-7,9,12H,1-2,4,8,10H2,(H,18,20)(H,22,23). The van der Waals surface area contributed by atoms with Crippen molar-refractivity contribution in [3.05, 3.63) is 46.0 Å². The molecule has 2 aromatic heterocycles. The van der Waals surface area contributed by atoms with Gasteiger partial charge in [0.1, 0.15) is 10.9 Å². The predicted octanol–water partition coefficient (Wildman–Crippen LogP) is 2.35. The molecule has 3 rings (SSSR count). The molecule has 7 nitrogen and oxygen atoms in total. The minimum Gasteiger partial charge on any atom is -0.477 e. The van der Waals surface area contributed by atoms with Gasteiger partial charge in [0.25, 0.3) is 5.91 Å². The van der Waals surface area contributed by atoms with Crippen LogP contribution >= 0.6 is 11.3 Å². The van der Waals surface area contributed by atoms with Gasteiger partial charge >= 0.3 is 5.97 Å². The summed E-state index contributed by atoms with van der Waals surface area (Å²) in [7, 11) is 0. The van der Waals surface area contributed by atoms with Crippen LogP contribution in [0.15, 0.2) is 34.9 Å². The monoisotopic (exact) mass is 362 g/mol. The first-order valence-corrected chi connectivity index (χ1v) is 8.82. The van der Waals surface area contributed by atoms with Gasteiger partial charge in [0, 0.05) is 11.4 Å². The lowest BCUT2D eigenvalue weighted by atomic mass is 10.0. The molecule has 1 saturated heterocycles. The van der Waals surface area contributed by atoms with Crippen LogP contribution in [0.1, 0.15) is 44.4 Å². The maximum Gasteiger partial charge on any atom is 0.345 e. The summed E-state index contributed by atoms with van der Waals surface area (Å²) in [5, 5.41) is 11.7. The number of amides is 2. The van der Waals surface area contributed by atoms with Crippen LogP contribution in [0.2, 0.25) is 0 Å². The molecule has 132 valence electrons. The molecule has 2 aromatic rings. The van der Waals surface area contributed by atoms with Gasteiger partial charge in [0.15, 0.2) is 5.76 Å². The van der Waals surface area contributed by atoms with E-state index in [4.69, 9.17) is 9.52 Å². The van der Waals surface area contributed by atoms with E-state index >= 15 is 0 Å². The third kappa shape index (κ3) is 3.90. The number of hydrogen-bond acceptors (Lipinski definition) is 5. The number of furan rings is 1. The molecule has 2 amide bonds. The molecule has 0 radical (unpaired) electrons. The second-order valence-corrected chi connectivity index (χ2v) is 6.94. The number of nitrogens with one attached hydrogen (secondary N) is 1. The molecule has 8 heteroatoms. The molecule has 1 aliphatic rings. The van der Waals surface area contributed by atoms with Gasteiger partial charge in [-0.2, -0.15) is 0 Å². The minimum atomic E-state index is -0.981. The quantitative estimate of drug-likeness (QED) is 0.850. The van der Waals surface area contributed by atoms with Gasteiger partial charge in [0.05, 0.1) is 12.8 Å². The molecule has 1 fully saturated rings. The van der Waals surface area contributed by atoms with Crippen molar-refractivity contribution in [1.82, 2.24) is 10.2 Å². The topological polar surface area (TPSA) is 99.9 Å². The van der Waals surface area contributed by atoms with E-state index < -0.39 is 12.0 Å². The van der Waals surface area contributed by atoms with Crippen LogP contribution in [0.4, 0.5) is 0 Å². The number of carboxylic acids is 1. The van der Waals surface area contributed by atoms with Gasteiger partial charge in [-0.3, -0.25) is 9.59 Å². The highest BCUT2D eigenvalue weighted by Crippen LogP contribution is 2.21. The fraction of sp³-hybridized carbons (Fsp3) is 0.353. The first kappa shape index (κ1) is 17.2. The highest BCUT2D eigenvalue weighted by molar-refractivity contribution is 7.13. The molecule has 0 aromatic carbocycles. The summed E-state index contributed by atoms with van der Waals surface area (Å²) in [6.07, 6.45) is 3.76. The van der Waals surface area contributed by atoms with Crippen molar-refractivity contribution in [2.45, 2.75) is 31.8 Å². The molecule has 1 atom stereocenters. The lowest BCUT2D eigenvalue weighted by Gasteiger charge is -2.34. The Kier molecular flexibility index (Phi) is 5.18. The number of hydrogen-bond donors (Lipinski definition) is 2. The van der Waals surface area contributed by atoms with Crippen molar-refractivity contribution in [2.75, 3.05) is 6.54 Å². The number of aromatic carboxylic acids is 1. The largest absolute Gasteiger partial charge is 0.477 e. The van der Waals surface area contributed by atoms with Crippen LogP contribution in [0, 0.1) is 0 Å². The number of carbonyl (C=O) groups excluding carboxylic acids is 2. The summed E-state index contributed by atoms with van der Waals surface area (Å²) >= 11 is 1.12. The molecular formula is C17H18N2O5S. The average Bonchev–Trinajstić information content (AvgIpc) is 3.30. The Labute approximate surface area is 148 Å². The van der Waals surface area contributed by atoms with Crippen LogP contribution in [-0.2, 0) is 11.3 Å². The number of rotatable bonds is 5. The van der Waals surface area contributed by atoms with E-state index in [1.165, 1.54) is 12.3 Å². The SMILES string of the molecule is O=C(O)c1ccc(CNC(=O)C2CCCCN2C(=O)c2ccco2)s1. The van der Waals surface area contributed by atoms with Crippen molar-refractivity contribution >= 4 is 29.1 Å². The second kappa shape index (κ2) is 7.52. The molecule has 0 saturated carbocycles. The third-order valence-electron chi connectivity index (χ3n) is 4.11. The number of piperidine rings is 1. The highest BCUT2D eigenvalue weighted by Gasteiger charge is 2.33. The van der Waals surface area contributed by atoms with Gasteiger partial charge in [-0.25, -0.2) is 4.79 Å². The second-order valence-electron chi connectivity index (χ2n) is 5.78. The van der Waals surface area contributed by atoms with Crippen LogP contribution in [-0.4, -0.2) is 40.4 Å². The number of nitrogens with zero attached hydrogens (tertiary/aromatic N) is 1. The summed E-state index contributed by atoms with van der Waals surface area (Å²) in [6, 6.07) is 5.89. The van der Waals surface area contributed by atoms with Crippen molar-refractivity contribution in [3.8, 4) is 0 Å². The van der Waals surface area contributed by atoms with E-state index in [1.807, 2.05) is 0 Å². The fourth-order valence-corrected chi connectivity index (χ4v) is 3.66. The Balaban J connectivity index is 1.64. The molecular weight excluding hydrogens is 344 g/mol. The first-order chi connectivity index (χ1) is 12.1. The molecule has 1 unspecified atom stereocenters. The van der Waals surface area contributed by atoms with Crippen LogP contribution in [0.3, 0.4) is 0 Å². The lowest BCUT2D eigenvalue weighted by molar-refractivity contribution is -0.126. The number of carboxylic acid groups (broad SMARTS) is 1. The van der Waals surface area contributed by atoms with Gasteiger partial charge in [-0.05, 0) is 43.5 Å². The summed E-state index contributed by atoms with van der Waals surface area (Å²) in [5.74, 6) is -1.27. The van der Waals surface area contributed by atoms with E-state index in [0.717, 1.165) is 29.1 Å². The molecule has 0 aliphatic carbocycles. The van der Waals surface area contributed by atoms with E-state index in [-0.39, 0.29) is 29.0 Å². The van der Waals surface area contributed by atoms with Crippen LogP contribution in [0.5, 0.6) is 0 Å². The van der Waals surface area contributed by atoms with Gasteiger partial charge in [0.2, 0.25) is 5.91 Å². The summed E-state index contributed by atoms with van der Waals surface area (Å²) < 4.78 is 5.15. The van der Waals surface area contributed by atoms with Gasteiger partial charge < -0.3 is 19.7 Å². The van der Waals surface area contributed by atoms with Gasteiger partial charge in [-0.15, -0.1) is 11.3 Å². The zero-order valence-corrected chi connectivity index (χ0v) is 14.3. The Morgan fingerprint density at radius 3 is 2.80 bits per heavy atom. The summed E-state index contributed by atoms with van der Waals surface area (Å²) in [6.45, 7) is 0.760. The molecule has 25 heavy (non-hydrogen) atoms. The average molecular weight is 362 g/mol. The number of carbonyl (C=O) groups is 3. The highest BCUT2D eigenvalue weighted by atomic mass is 32.1. The molecule has 2 N–H and O–H groups in total. The zero-order valence-electron chi connectivity index (χ0n) is 13.4. The normalized spacial score (nSPS) is 17.3. The fourth-order valence-electron chi connectivity index (χ4n) is 2.87. The Hall–Kier alpha value is -2.61. The number of thiophene rings is 1. The van der Waals surface area contributed by atoms with Crippen molar-refractivity contribution in [1.29, 1.82) is 0 Å². The predicted molar refractivity (Wildman–Crippen MR) is 90.5 cm³/mol. The Morgan fingerprint density at radius 2 is 2.12 bits per heavy atom. The van der Waals surface area contributed by atoms with E-state index in [9.17, 15) is 14.4 Å². The van der Waals surface area contributed by atoms with E-state index in [0.29, 0.717) is 13.0 Å². The molecule has 0 bridgehead atoms. The molecule has 1 aliphatic heterocycles. The van der Waals surface area contributed by atoms with Crippen LogP contribution in [0.25, 0.3) is 0 Å². The Morgan fingerprint density at radius 1 is 1.28 bits per heavy atom. The summed E-state index contributed by atoms with van der Waals surface area (Å²) in [4.78, 5) is 38.5. The minimum absolute atomic E-state index is 0.226. The van der Waals surface area contributed by atoms with E-state index in [1.54, 1.807) is 23.1 Å². The molecule has 3 heterocycles. The Bertz CT molecular complexity index is 768.